The molecule has 0 spiro atoms. The highest BCUT2D eigenvalue weighted by Crippen LogP contribution is 2.22. The van der Waals surface area contributed by atoms with Gasteiger partial charge in [0, 0.05) is 11.9 Å². The predicted molar refractivity (Wildman–Crippen MR) is 68.8 cm³/mol. The summed E-state index contributed by atoms with van der Waals surface area (Å²) in [5.74, 6) is 0.854. The minimum Gasteiger partial charge on any atom is -0.340 e. The fourth-order valence-electron chi connectivity index (χ4n) is 1.58. The van der Waals surface area contributed by atoms with Crippen LogP contribution in [0.2, 0.25) is 0 Å². The first-order valence-corrected chi connectivity index (χ1v) is 5.21. The van der Waals surface area contributed by atoms with Crippen LogP contribution in [0.15, 0.2) is 49.2 Å². The van der Waals surface area contributed by atoms with Gasteiger partial charge in [-0.1, -0.05) is 30.9 Å². The van der Waals surface area contributed by atoms with Crippen molar-refractivity contribution in [3.05, 3.63) is 60.3 Å². The second-order valence-electron chi connectivity index (χ2n) is 3.56. The summed E-state index contributed by atoms with van der Waals surface area (Å²) in [5.41, 5.74) is 3.39. The molecule has 2 aromatic rings. The molecule has 1 N–H and O–H groups in total. The SMILES string of the molecule is C=Cc1cccc(Nc2ccccn2)c1C. The molecule has 1 heterocycles. The summed E-state index contributed by atoms with van der Waals surface area (Å²) in [6.45, 7) is 5.87. The summed E-state index contributed by atoms with van der Waals surface area (Å²) >= 11 is 0. The average Bonchev–Trinajstić information content (AvgIpc) is 2.33. The summed E-state index contributed by atoms with van der Waals surface area (Å²) in [6.07, 6.45) is 3.63. The van der Waals surface area contributed by atoms with Crippen molar-refractivity contribution < 1.29 is 0 Å². The quantitative estimate of drug-likeness (QED) is 0.834. The van der Waals surface area contributed by atoms with Crippen LogP contribution in [0.3, 0.4) is 0 Å². The van der Waals surface area contributed by atoms with E-state index in [4.69, 9.17) is 0 Å². The van der Waals surface area contributed by atoms with E-state index in [9.17, 15) is 0 Å². The highest BCUT2D eigenvalue weighted by Gasteiger charge is 2.01. The van der Waals surface area contributed by atoms with Crippen LogP contribution in [0, 0.1) is 6.92 Å². The van der Waals surface area contributed by atoms with E-state index in [1.807, 2.05) is 42.5 Å². The monoisotopic (exact) mass is 210 g/mol. The Kier molecular flexibility index (Phi) is 3.01. The van der Waals surface area contributed by atoms with Crippen LogP contribution in [0.25, 0.3) is 6.08 Å². The van der Waals surface area contributed by atoms with Crippen molar-refractivity contribution in [1.29, 1.82) is 0 Å². The Labute approximate surface area is 95.7 Å². The van der Waals surface area contributed by atoms with Crippen molar-refractivity contribution in [3.8, 4) is 0 Å². The third-order valence-corrected chi connectivity index (χ3v) is 2.52. The molecule has 1 aromatic heterocycles. The Bertz CT molecular complexity index is 489. The molecule has 16 heavy (non-hydrogen) atoms. The van der Waals surface area contributed by atoms with E-state index in [-0.39, 0.29) is 0 Å². The smallest absolute Gasteiger partial charge is 0.130 e. The molecule has 0 bridgehead atoms. The van der Waals surface area contributed by atoms with Crippen LogP contribution >= 0.6 is 0 Å². The summed E-state index contributed by atoms with van der Waals surface area (Å²) in [5, 5.41) is 3.29. The first-order chi connectivity index (χ1) is 7.81. The molecule has 0 fully saturated rings. The van der Waals surface area contributed by atoms with Gasteiger partial charge >= 0.3 is 0 Å². The number of pyridine rings is 1. The molecule has 0 unspecified atom stereocenters. The molecule has 0 aliphatic heterocycles. The van der Waals surface area contributed by atoms with Gasteiger partial charge in [0.1, 0.15) is 5.82 Å². The van der Waals surface area contributed by atoms with Gasteiger partial charge in [0.05, 0.1) is 0 Å². The maximum absolute atomic E-state index is 4.23. The van der Waals surface area contributed by atoms with Crippen molar-refractivity contribution in [3.63, 3.8) is 0 Å². The summed E-state index contributed by atoms with van der Waals surface area (Å²) in [4.78, 5) is 4.23. The molecule has 0 amide bonds. The molecular formula is C14H14N2. The lowest BCUT2D eigenvalue weighted by molar-refractivity contribution is 1.29. The number of aromatic nitrogens is 1. The van der Waals surface area contributed by atoms with Crippen molar-refractivity contribution in [2.75, 3.05) is 5.32 Å². The Balaban J connectivity index is 2.32. The number of nitrogens with one attached hydrogen (secondary N) is 1. The fraction of sp³-hybridized carbons (Fsp3) is 0.0714. The normalized spacial score (nSPS) is 9.81. The standard InChI is InChI=1S/C14H14N2/c1-3-12-7-6-8-13(11(12)2)16-14-9-4-5-10-15-14/h3-10H,1H2,2H3,(H,15,16). The van der Waals surface area contributed by atoms with Gasteiger partial charge in [-0.2, -0.15) is 0 Å². The Morgan fingerprint density at radius 3 is 2.75 bits per heavy atom. The molecule has 0 radical (unpaired) electrons. The second-order valence-corrected chi connectivity index (χ2v) is 3.56. The largest absolute Gasteiger partial charge is 0.340 e. The lowest BCUT2D eigenvalue weighted by Gasteiger charge is -2.10. The van der Waals surface area contributed by atoms with E-state index in [0.717, 1.165) is 17.1 Å². The Hall–Kier alpha value is -2.09. The van der Waals surface area contributed by atoms with Crippen molar-refractivity contribution in [2.45, 2.75) is 6.92 Å². The highest BCUT2D eigenvalue weighted by molar-refractivity contribution is 5.67. The van der Waals surface area contributed by atoms with E-state index in [1.165, 1.54) is 5.56 Å². The van der Waals surface area contributed by atoms with Crippen LogP contribution in [-0.2, 0) is 0 Å². The first kappa shape index (κ1) is 10.4. The second kappa shape index (κ2) is 4.62. The molecule has 2 heteroatoms. The van der Waals surface area contributed by atoms with Gasteiger partial charge in [-0.25, -0.2) is 4.98 Å². The topological polar surface area (TPSA) is 24.9 Å². The molecule has 80 valence electrons. The lowest BCUT2D eigenvalue weighted by Crippen LogP contribution is -1.96. The number of nitrogens with zero attached hydrogens (tertiary/aromatic N) is 1. The van der Waals surface area contributed by atoms with Gasteiger partial charge in [-0.15, -0.1) is 0 Å². The van der Waals surface area contributed by atoms with Crippen LogP contribution in [0.4, 0.5) is 11.5 Å². The molecule has 1 aromatic carbocycles. The highest BCUT2D eigenvalue weighted by atomic mass is 15.0. The van der Waals surface area contributed by atoms with E-state index in [0.29, 0.717) is 0 Å². The van der Waals surface area contributed by atoms with E-state index in [1.54, 1.807) is 6.20 Å². The van der Waals surface area contributed by atoms with Gasteiger partial charge in [0.25, 0.3) is 0 Å². The van der Waals surface area contributed by atoms with Crippen molar-refractivity contribution in [2.24, 2.45) is 0 Å². The molecule has 0 saturated heterocycles. The molecule has 0 atom stereocenters. The molecular weight excluding hydrogens is 196 g/mol. The van der Waals surface area contributed by atoms with Crippen molar-refractivity contribution >= 4 is 17.6 Å². The number of benzene rings is 1. The van der Waals surface area contributed by atoms with Gasteiger partial charge < -0.3 is 5.32 Å². The Morgan fingerprint density at radius 2 is 2.06 bits per heavy atom. The summed E-state index contributed by atoms with van der Waals surface area (Å²) < 4.78 is 0. The van der Waals surface area contributed by atoms with Gasteiger partial charge in [-0.3, -0.25) is 0 Å². The third kappa shape index (κ3) is 2.11. The van der Waals surface area contributed by atoms with Crippen LogP contribution in [0.1, 0.15) is 11.1 Å². The maximum atomic E-state index is 4.23. The summed E-state index contributed by atoms with van der Waals surface area (Å²) in [6, 6.07) is 11.9. The van der Waals surface area contributed by atoms with Gasteiger partial charge in [-0.05, 0) is 36.2 Å². The molecule has 2 rings (SSSR count). The zero-order valence-electron chi connectivity index (χ0n) is 9.27. The zero-order chi connectivity index (χ0) is 11.4. The van der Waals surface area contributed by atoms with E-state index in [2.05, 4.69) is 23.8 Å². The van der Waals surface area contributed by atoms with Crippen molar-refractivity contribution in [1.82, 2.24) is 4.98 Å². The molecule has 0 saturated carbocycles. The molecule has 2 nitrogen and oxygen atoms in total. The molecule has 0 aliphatic carbocycles. The van der Waals surface area contributed by atoms with Gasteiger partial charge in [0.15, 0.2) is 0 Å². The number of anilines is 2. The van der Waals surface area contributed by atoms with Crippen LogP contribution < -0.4 is 5.32 Å². The maximum Gasteiger partial charge on any atom is 0.130 e. The number of rotatable bonds is 3. The van der Waals surface area contributed by atoms with E-state index >= 15 is 0 Å². The van der Waals surface area contributed by atoms with Gasteiger partial charge in [0.2, 0.25) is 0 Å². The minimum atomic E-state index is 0.854. The first-order valence-electron chi connectivity index (χ1n) is 5.21. The van der Waals surface area contributed by atoms with E-state index < -0.39 is 0 Å². The third-order valence-electron chi connectivity index (χ3n) is 2.52. The Morgan fingerprint density at radius 1 is 1.19 bits per heavy atom. The fourth-order valence-corrected chi connectivity index (χ4v) is 1.58. The van der Waals surface area contributed by atoms with Crippen LogP contribution in [0.5, 0.6) is 0 Å². The van der Waals surface area contributed by atoms with Crippen LogP contribution in [-0.4, -0.2) is 4.98 Å². The number of hydrogen-bond acceptors (Lipinski definition) is 2. The zero-order valence-corrected chi connectivity index (χ0v) is 9.27. The molecule has 0 aliphatic rings. The average molecular weight is 210 g/mol. The predicted octanol–water partition coefficient (Wildman–Crippen LogP) is 3.78. The minimum absolute atomic E-state index is 0.854. The lowest BCUT2D eigenvalue weighted by atomic mass is 10.1. The summed E-state index contributed by atoms with van der Waals surface area (Å²) in [7, 11) is 0. The number of hydrogen-bond donors (Lipinski definition) is 1.